The molecule has 6 nitrogen and oxygen atoms in total. The summed E-state index contributed by atoms with van der Waals surface area (Å²) in [5.41, 5.74) is 3.12. The fourth-order valence-electron chi connectivity index (χ4n) is 6.17. The highest BCUT2D eigenvalue weighted by Gasteiger charge is 2.29. The number of nitrogens with zero attached hydrogens (tertiary/aromatic N) is 3. The Hall–Kier alpha value is -3.22. The van der Waals surface area contributed by atoms with Crippen LogP contribution >= 0.6 is 0 Å². The number of carbonyl (C=O) groups is 2. The van der Waals surface area contributed by atoms with E-state index >= 15 is 0 Å². The van der Waals surface area contributed by atoms with Crippen molar-refractivity contribution in [2.45, 2.75) is 89.6 Å². The summed E-state index contributed by atoms with van der Waals surface area (Å²) in [4.78, 5) is 32.1. The van der Waals surface area contributed by atoms with Crippen LogP contribution in [-0.2, 0) is 4.79 Å². The van der Waals surface area contributed by atoms with Gasteiger partial charge in [0.05, 0.1) is 23.0 Å². The molecule has 0 atom stereocenters. The molecule has 2 aliphatic rings. The van der Waals surface area contributed by atoms with Crippen LogP contribution in [0.25, 0.3) is 16.6 Å². The summed E-state index contributed by atoms with van der Waals surface area (Å²) in [5, 5.41) is 4.45. The maximum Gasteiger partial charge on any atom is 0.256 e. The van der Waals surface area contributed by atoms with Crippen molar-refractivity contribution in [3.8, 4) is 5.69 Å². The molecule has 2 amide bonds. The van der Waals surface area contributed by atoms with Crippen molar-refractivity contribution in [1.82, 2.24) is 19.8 Å². The van der Waals surface area contributed by atoms with Gasteiger partial charge in [0.2, 0.25) is 5.91 Å². The highest BCUT2D eigenvalue weighted by Crippen LogP contribution is 2.39. The van der Waals surface area contributed by atoms with Gasteiger partial charge in [0.25, 0.3) is 5.91 Å². The van der Waals surface area contributed by atoms with E-state index in [9.17, 15) is 14.0 Å². The predicted octanol–water partition coefficient (Wildman–Crippen LogP) is 6.37. The second-order valence-electron chi connectivity index (χ2n) is 11.4. The minimum absolute atomic E-state index is 0.00830. The van der Waals surface area contributed by atoms with Crippen LogP contribution < -0.4 is 5.32 Å². The van der Waals surface area contributed by atoms with E-state index in [1.54, 1.807) is 24.2 Å². The number of halogens is 1. The molecule has 1 aromatic carbocycles. The first kappa shape index (κ1) is 26.4. The topological polar surface area (TPSA) is 67.2 Å². The number of benzene rings is 1. The fourth-order valence-corrected chi connectivity index (χ4v) is 6.17. The van der Waals surface area contributed by atoms with E-state index in [1.807, 2.05) is 30.7 Å². The van der Waals surface area contributed by atoms with Crippen molar-refractivity contribution >= 4 is 22.7 Å². The molecule has 0 aliphatic heterocycles. The molecule has 2 heterocycles. The molecule has 38 heavy (non-hydrogen) atoms. The Kier molecular flexibility index (Phi) is 7.82. The summed E-state index contributed by atoms with van der Waals surface area (Å²) in [5.74, 6) is 0.139. The van der Waals surface area contributed by atoms with Crippen LogP contribution in [0, 0.1) is 11.7 Å². The molecule has 2 fully saturated rings. The van der Waals surface area contributed by atoms with Gasteiger partial charge >= 0.3 is 0 Å². The maximum absolute atomic E-state index is 14.3. The first-order valence-electron chi connectivity index (χ1n) is 14.2. The molecule has 5 rings (SSSR count). The van der Waals surface area contributed by atoms with Gasteiger partial charge in [-0.25, -0.2) is 4.39 Å². The molecule has 202 valence electrons. The van der Waals surface area contributed by atoms with Gasteiger partial charge in [0.15, 0.2) is 0 Å². The fraction of sp³-hybridized carbons (Fsp3) is 0.516. The summed E-state index contributed by atoms with van der Waals surface area (Å²) >= 11 is 0. The van der Waals surface area contributed by atoms with E-state index in [2.05, 4.69) is 16.5 Å². The van der Waals surface area contributed by atoms with E-state index in [0.717, 1.165) is 49.4 Å². The van der Waals surface area contributed by atoms with Gasteiger partial charge < -0.3 is 14.8 Å². The zero-order valence-corrected chi connectivity index (χ0v) is 22.8. The van der Waals surface area contributed by atoms with E-state index in [4.69, 9.17) is 0 Å². The zero-order valence-electron chi connectivity index (χ0n) is 22.8. The Morgan fingerprint density at radius 2 is 1.79 bits per heavy atom. The number of hydrogen-bond acceptors (Lipinski definition) is 3. The standard InChI is InChI=1S/C31H39FN4O2/c1-20(2)35(3)31(38)26-17-23(32)11-14-28(26)36-19-27(25-15-16-33-18-29(25)36)21-9-12-24(13-10-21)34-30(37)22-7-5-4-6-8-22/h11,14-22,24H,4-10,12-13H2,1-3H3,(H,34,37)/t21-,24-. The highest BCUT2D eigenvalue weighted by molar-refractivity contribution is 5.99. The number of fused-ring (bicyclic) bond motifs is 1. The SMILES string of the molecule is CC(C)N(C)C(=O)c1cc(F)ccc1-n1cc([C@H]2CC[C@H](NC(=O)C3CCCCC3)CC2)c2ccncc21. The smallest absolute Gasteiger partial charge is 0.256 e. The average molecular weight is 519 g/mol. The van der Waals surface area contributed by atoms with E-state index in [-0.39, 0.29) is 29.8 Å². The quantitative estimate of drug-likeness (QED) is 0.412. The van der Waals surface area contributed by atoms with Crippen LogP contribution in [-0.4, -0.2) is 45.4 Å². The Morgan fingerprint density at radius 1 is 1.05 bits per heavy atom. The van der Waals surface area contributed by atoms with Crippen LogP contribution in [0.15, 0.2) is 42.9 Å². The molecular weight excluding hydrogens is 479 g/mol. The zero-order chi connectivity index (χ0) is 26.8. The average Bonchev–Trinajstić information content (AvgIpc) is 3.32. The molecule has 1 N–H and O–H groups in total. The molecule has 0 bridgehead atoms. The van der Waals surface area contributed by atoms with Gasteiger partial charge in [-0.3, -0.25) is 14.6 Å². The molecule has 2 aliphatic carbocycles. The van der Waals surface area contributed by atoms with Crippen LogP contribution in [0.4, 0.5) is 4.39 Å². The van der Waals surface area contributed by atoms with Gasteiger partial charge in [-0.2, -0.15) is 0 Å². The number of amides is 2. The third-order valence-electron chi connectivity index (χ3n) is 8.67. The lowest BCUT2D eigenvalue weighted by atomic mass is 9.81. The van der Waals surface area contributed by atoms with Crippen LogP contribution in [0.1, 0.15) is 93.5 Å². The second-order valence-corrected chi connectivity index (χ2v) is 11.4. The summed E-state index contributed by atoms with van der Waals surface area (Å²) in [6, 6.07) is 6.69. The largest absolute Gasteiger partial charge is 0.353 e. The van der Waals surface area contributed by atoms with Crippen LogP contribution in [0.3, 0.4) is 0 Å². The lowest BCUT2D eigenvalue weighted by molar-refractivity contribution is -0.126. The minimum atomic E-state index is -0.433. The molecule has 0 saturated heterocycles. The van der Waals surface area contributed by atoms with E-state index in [0.29, 0.717) is 17.2 Å². The van der Waals surface area contributed by atoms with Gasteiger partial charge in [-0.1, -0.05) is 19.3 Å². The molecule has 3 aromatic rings. The van der Waals surface area contributed by atoms with Crippen molar-refractivity contribution < 1.29 is 14.0 Å². The molecule has 2 saturated carbocycles. The van der Waals surface area contributed by atoms with Gasteiger partial charge in [0, 0.05) is 42.8 Å². The number of nitrogens with one attached hydrogen (secondary N) is 1. The Morgan fingerprint density at radius 3 is 2.50 bits per heavy atom. The Balaban J connectivity index is 1.40. The van der Waals surface area contributed by atoms with Crippen molar-refractivity contribution in [2.24, 2.45) is 5.92 Å². The summed E-state index contributed by atoms with van der Waals surface area (Å²) in [6.45, 7) is 3.88. The van der Waals surface area contributed by atoms with E-state index < -0.39 is 5.82 Å². The number of pyridine rings is 1. The summed E-state index contributed by atoms with van der Waals surface area (Å²) < 4.78 is 16.3. The Bertz CT molecular complexity index is 1300. The molecule has 0 unspecified atom stereocenters. The summed E-state index contributed by atoms with van der Waals surface area (Å²) in [7, 11) is 1.74. The van der Waals surface area contributed by atoms with Crippen LogP contribution in [0.2, 0.25) is 0 Å². The second kappa shape index (κ2) is 11.3. The normalized spacial score (nSPS) is 20.6. The van der Waals surface area contributed by atoms with E-state index in [1.165, 1.54) is 37.0 Å². The van der Waals surface area contributed by atoms with Crippen molar-refractivity contribution in [2.75, 3.05) is 7.05 Å². The molecule has 7 heteroatoms. The maximum atomic E-state index is 14.3. The lowest BCUT2D eigenvalue weighted by Crippen LogP contribution is -2.41. The number of hydrogen-bond donors (Lipinski definition) is 1. The first-order chi connectivity index (χ1) is 18.3. The van der Waals surface area contributed by atoms with Gasteiger partial charge in [-0.15, -0.1) is 0 Å². The van der Waals surface area contributed by atoms with Crippen molar-refractivity contribution in [3.05, 3.63) is 59.8 Å². The van der Waals surface area contributed by atoms with Gasteiger partial charge in [0.1, 0.15) is 5.82 Å². The predicted molar refractivity (Wildman–Crippen MR) is 148 cm³/mol. The van der Waals surface area contributed by atoms with Crippen molar-refractivity contribution in [3.63, 3.8) is 0 Å². The number of carbonyl (C=O) groups excluding carboxylic acids is 2. The number of rotatable bonds is 6. The minimum Gasteiger partial charge on any atom is -0.353 e. The number of aromatic nitrogens is 2. The molecular formula is C31H39FN4O2. The van der Waals surface area contributed by atoms with Gasteiger partial charge in [-0.05, 0) is 88.1 Å². The summed E-state index contributed by atoms with van der Waals surface area (Å²) in [6.07, 6.45) is 15.2. The molecule has 2 aromatic heterocycles. The van der Waals surface area contributed by atoms with Crippen molar-refractivity contribution in [1.29, 1.82) is 0 Å². The third kappa shape index (κ3) is 5.33. The third-order valence-corrected chi connectivity index (χ3v) is 8.67. The highest BCUT2D eigenvalue weighted by atomic mass is 19.1. The monoisotopic (exact) mass is 518 g/mol. The lowest BCUT2D eigenvalue weighted by Gasteiger charge is -2.31. The van der Waals surface area contributed by atoms with Crippen LogP contribution in [0.5, 0.6) is 0 Å². The molecule has 0 radical (unpaired) electrons. The first-order valence-corrected chi connectivity index (χ1v) is 14.2. The Labute approximate surface area is 224 Å². The molecule has 0 spiro atoms.